The Morgan fingerprint density at radius 1 is 1.53 bits per heavy atom. The maximum absolute atomic E-state index is 5.98. The summed E-state index contributed by atoms with van der Waals surface area (Å²) in [5, 5.41) is 3.13. The van der Waals surface area contributed by atoms with Crippen molar-refractivity contribution < 1.29 is 0 Å². The highest BCUT2D eigenvalue weighted by molar-refractivity contribution is 5.48. The second-order valence-corrected chi connectivity index (χ2v) is 4.78. The zero-order chi connectivity index (χ0) is 12.9. The molecule has 0 aliphatic heterocycles. The predicted octanol–water partition coefficient (Wildman–Crippen LogP) is 1.25. The summed E-state index contributed by atoms with van der Waals surface area (Å²) >= 11 is 0. The fraction of sp³-hybridized carbons (Fsp3) is 0.500. The zero-order valence-electron chi connectivity index (χ0n) is 10.8. The summed E-state index contributed by atoms with van der Waals surface area (Å²) in [7, 11) is 1.97. The highest BCUT2D eigenvalue weighted by Gasteiger charge is 2.15. The molecule has 0 aliphatic rings. The van der Waals surface area contributed by atoms with Crippen LogP contribution in [0.1, 0.15) is 13.8 Å². The van der Waals surface area contributed by atoms with Gasteiger partial charge in [0.15, 0.2) is 0 Å². The van der Waals surface area contributed by atoms with Gasteiger partial charge in [0.1, 0.15) is 18.0 Å². The van der Waals surface area contributed by atoms with Crippen molar-refractivity contribution in [2.75, 3.05) is 30.4 Å². The standard InChI is InChI=1S/C12H21N5/c1-5-6-14-10-7-11(16-9-15-10)17(4)8-12(2,3)13/h5,7,9H,1,6,8,13H2,2-4H3,(H,14,15,16). The molecule has 1 aromatic rings. The van der Waals surface area contributed by atoms with Gasteiger partial charge in [0.25, 0.3) is 0 Å². The van der Waals surface area contributed by atoms with Gasteiger partial charge in [0.2, 0.25) is 0 Å². The van der Waals surface area contributed by atoms with Crippen LogP contribution in [0.5, 0.6) is 0 Å². The number of nitrogens with two attached hydrogens (primary N) is 1. The third kappa shape index (κ3) is 4.82. The van der Waals surface area contributed by atoms with Gasteiger partial charge in [0.05, 0.1) is 0 Å². The molecule has 0 aliphatic carbocycles. The number of anilines is 2. The molecule has 1 heterocycles. The number of rotatable bonds is 6. The van der Waals surface area contributed by atoms with Crippen molar-refractivity contribution in [2.24, 2.45) is 5.73 Å². The van der Waals surface area contributed by atoms with Crippen LogP contribution >= 0.6 is 0 Å². The molecule has 0 spiro atoms. The molecule has 3 N–H and O–H groups in total. The van der Waals surface area contributed by atoms with E-state index in [1.54, 1.807) is 12.4 Å². The molecule has 0 atom stereocenters. The second-order valence-electron chi connectivity index (χ2n) is 4.78. The van der Waals surface area contributed by atoms with E-state index in [4.69, 9.17) is 5.73 Å². The number of nitrogens with one attached hydrogen (secondary N) is 1. The highest BCUT2D eigenvalue weighted by atomic mass is 15.2. The van der Waals surface area contributed by atoms with Crippen molar-refractivity contribution in [3.05, 3.63) is 25.0 Å². The SMILES string of the molecule is C=CCNc1cc(N(C)CC(C)(C)N)ncn1. The molecular weight excluding hydrogens is 214 g/mol. The maximum atomic E-state index is 5.98. The summed E-state index contributed by atoms with van der Waals surface area (Å²) in [5.41, 5.74) is 5.72. The van der Waals surface area contributed by atoms with Crippen LogP contribution in [0.25, 0.3) is 0 Å². The summed E-state index contributed by atoms with van der Waals surface area (Å²) in [5.74, 6) is 1.64. The topological polar surface area (TPSA) is 67.1 Å². The van der Waals surface area contributed by atoms with Crippen LogP contribution in [-0.4, -0.2) is 35.6 Å². The molecule has 1 aromatic heterocycles. The van der Waals surface area contributed by atoms with Crippen LogP contribution in [0, 0.1) is 0 Å². The summed E-state index contributed by atoms with van der Waals surface area (Å²) in [6.45, 7) is 9.03. The van der Waals surface area contributed by atoms with E-state index in [1.165, 1.54) is 0 Å². The van der Waals surface area contributed by atoms with Crippen molar-refractivity contribution in [3.8, 4) is 0 Å². The molecule has 5 nitrogen and oxygen atoms in total. The number of nitrogens with zero attached hydrogens (tertiary/aromatic N) is 3. The monoisotopic (exact) mass is 235 g/mol. The van der Waals surface area contributed by atoms with Crippen LogP contribution in [0.15, 0.2) is 25.0 Å². The first kappa shape index (κ1) is 13.4. The molecule has 0 amide bonds. The molecule has 0 unspecified atom stereocenters. The van der Waals surface area contributed by atoms with E-state index in [0.29, 0.717) is 6.54 Å². The largest absolute Gasteiger partial charge is 0.366 e. The minimum atomic E-state index is -0.256. The number of likely N-dealkylation sites (N-methyl/N-ethyl adjacent to an activating group) is 1. The number of hydrogen-bond acceptors (Lipinski definition) is 5. The lowest BCUT2D eigenvalue weighted by molar-refractivity contribution is 0.517. The molecule has 1 rings (SSSR count). The quantitative estimate of drug-likeness (QED) is 0.726. The minimum absolute atomic E-state index is 0.256. The van der Waals surface area contributed by atoms with Crippen molar-refractivity contribution >= 4 is 11.6 Å². The first-order valence-corrected chi connectivity index (χ1v) is 5.59. The van der Waals surface area contributed by atoms with E-state index in [2.05, 4.69) is 21.9 Å². The Hall–Kier alpha value is -1.62. The lowest BCUT2D eigenvalue weighted by Crippen LogP contribution is -2.44. The Bertz CT molecular complexity index is 369. The van der Waals surface area contributed by atoms with Crippen LogP contribution in [0.3, 0.4) is 0 Å². The zero-order valence-corrected chi connectivity index (χ0v) is 10.8. The average molecular weight is 235 g/mol. The maximum Gasteiger partial charge on any atom is 0.133 e. The Morgan fingerprint density at radius 3 is 2.82 bits per heavy atom. The Labute approximate surface area is 103 Å². The minimum Gasteiger partial charge on any atom is -0.366 e. The van der Waals surface area contributed by atoms with E-state index in [-0.39, 0.29) is 5.54 Å². The third-order valence-corrected chi connectivity index (χ3v) is 2.12. The van der Waals surface area contributed by atoms with Crippen molar-refractivity contribution in [1.29, 1.82) is 0 Å². The van der Waals surface area contributed by atoms with Gasteiger partial charge in [-0.25, -0.2) is 9.97 Å². The van der Waals surface area contributed by atoms with Crippen LogP contribution < -0.4 is 16.0 Å². The van der Waals surface area contributed by atoms with Crippen molar-refractivity contribution in [2.45, 2.75) is 19.4 Å². The molecule has 94 valence electrons. The van der Waals surface area contributed by atoms with Crippen molar-refractivity contribution in [3.63, 3.8) is 0 Å². The molecule has 5 heteroatoms. The van der Waals surface area contributed by atoms with E-state index in [1.807, 2.05) is 31.9 Å². The highest BCUT2D eigenvalue weighted by Crippen LogP contribution is 2.14. The fourth-order valence-electron chi connectivity index (χ4n) is 1.52. The van der Waals surface area contributed by atoms with E-state index in [0.717, 1.165) is 18.2 Å². The Balaban J connectivity index is 2.73. The van der Waals surface area contributed by atoms with E-state index in [9.17, 15) is 0 Å². The Kier molecular flexibility index (Phi) is 4.45. The summed E-state index contributed by atoms with van der Waals surface area (Å²) in [6.07, 6.45) is 3.33. The first-order valence-electron chi connectivity index (χ1n) is 5.59. The molecule has 0 saturated heterocycles. The molecular formula is C12H21N5. The second kappa shape index (κ2) is 5.63. The van der Waals surface area contributed by atoms with Crippen LogP contribution in [-0.2, 0) is 0 Å². The van der Waals surface area contributed by atoms with Gasteiger partial charge in [-0.1, -0.05) is 6.08 Å². The molecule has 0 fully saturated rings. The van der Waals surface area contributed by atoms with E-state index < -0.39 is 0 Å². The smallest absolute Gasteiger partial charge is 0.133 e. The van der Waals surface area contributed by atoms with Gasteiger partial charge in [0, 0.05) is 31.7 Å². The number of hydrogen-bond donors (Lipinski definition) is 2. The predicted molar refractivity (Wildman–Crippen MR) is 72.3 cm³/mol. The van der Waals surface area contributed by atoms with Crippen LogP contribution in [0.2, 0.25) is 0 Å². The van der Waals surface area contributed by atoms with Gasteiger partial charge in [-0.15, -0.1) is 6.58 Å². The average Bonchev–Trinajstić information content (AvgIpc) is 2.24. The van der Waals surface area contributed by atoms with Crippen molar-refractivity contribution in [1.82, 2.24) is 9.97 Å². The van der Waals surface area contributed by atoms with Crippen LogP contribution in [0.4, 0.5) is 11.6 Å². The van der Waals surface area contributed by atoms with E-state index >= 15 is 0 Å². The summed E-state index contributed by atoms with van der Waals surface area (Å²) in [6, 6.07) is 1.90. The molecule has 0 aromatic carbocycles. The third-order valence-electron chi connectivity index (χ3n) is 2.12. The van der Waals surface area contributed by atoms with Gasteiger partial charge in [-0.05, 0) is 13.8 Å². The number of aromatic nitrogens is 2. The first-order chi connectivity index (χ1) is 7.92. The normalized spacial score (nSPS) is 11.1. The fourth-order valence-corrected chi connectivity index (χ4v) is 1.52. The van der Waals surface area contributed by atoms with Gasteiger partial charge >= 0.3 is 0 Å². The molecule has 17 heavy (non-hydrogen) atoms. The molecule has 0 bridgehead atoms. The molecule has 0 radical (unpaired) electrons. The van der Waals surface area contributed by atoms with Gasteiger partial charge in [-0.3, -0.25) is 0 Å². The van der Waals surface area contributed by atoms with Gasteiger partial charge < -0.3 is 16.0 Å². The lowest BCUT2D eigenvalue weighted by Gasteiger charge is -2.27. The summed E-state index contributed by atoms with van der Waals surface area (Å²) < 4.78 is 0. The summed E-state index contributed by atoms with van der Waals surface area (Å²) in [4.78, 5) is 10.4. The molecule has 0 saturated carbocycles. The Morgan fingerprint density at radius 2 is 2.24 bits per heavy atom. The lowest BCUT2D eigenvalue weighted by atomic mass is 10.1. The van der Waals surface area contributed by atoms with Gasteiger partial charge in [-0.2, -0.15) is 0 Å².